The van der Waals surface area contributed by atoms with E-state index < -0.39 is 15.2 Å². The van der Waals surface area contributed by atoms with Gasteiger partial charge < -0.3 is 19.7 Å². The van der Waals surface area contributed by atoms with Crippen LogP contribution in [0.3, 0.4) is 0 Å². The molecule has 22 heavy (non-hydrogen) atoms. The van der Waals surface area contributed by atoms with Crippen LogP contribution in [-0.4, -0.2) is 37.1 Å². The number of aliphatic hydroxyl groups is 2. The van der Waals surface area contributed by atoms with Crippen LogP contribution in [0, 0.1) is 0 Å². The fraction of sp³-hybridized carbons (Fsp3) is 0.250. The molecular formula is C16H20O4P2. The third-order valence-corrected chi connectivity index (χ3v) is 10.1. The summed E-state index contributed by atoms with van der Waals surface area (Å²) < 4.78 is 10.3. The van der Waals surface area contributed by atoms with Gasteiger partial charge in [-0.2, -0.15) is 0 Å². The Morgan fingerprint density at radius 3 is 1.23 bits per heavy atom. The molecule has 2 atom stereocenters. The van der Waals surface area contributed by atoms with E-state index in [-0.39, 0.29) is 12.7 Å². The van der Waals surface area contributed by atoms with Crippen molar-refractivity contribution in [2.75, 3.05) is 26.9 Å². The summed E-state index contributed by atoms with van der Waals surface area (Å²) in [6.45, 7) is 0. The van der Waals surface area contributed by atoms with Crippen LogP contribution in [0.4, 0.5) is 0 Å². The van der Waals surface area contributed by atoms with Crippen molar-refractivity contribution in [2.45, 2.75) is 0 Å². The molecule has 0 spiro atoms. The summed E-state index contributed by atoms with van der Waals surface area (Å²) in [6.07, 6.45) is 0.111. The maximum atomic E-state index is 9.85. The highest BCUT2D eigenvalue weighted by Crippen LogP contribution is 2.66. The molecule has 0 radical (unpaired) electrons. The van der Waals surface area contributed by atoms with Gasteiger partial charge in [0.1, 0.15) is 11.5 Å². The Kier molecular flexibility index (Phi) is 6.60. The topological polar surface area (TPSA) is 58.9 Å². The molecule has 2 N–H and O–H groups in total. The van der Waals surface area contributed by atoms with E-state index >= 15 is 0 Å². The molecule has 0 saturated carbocycles. The minimum Gasteiger partial charge on any atom is -0.497 e. The standard InChI is InChI=1S/C16H20O4P2/c1-19-13-3-7-15(8-4-13)21(11-17)22(12-18)16-9-5-14(20-2)6-10-16/h3-10,17-18H,11-12H2,1-2H3. The largest absolute Gasteiger partial charge is 0.497 e. The quantitative estimate of drug-likeness (QED) is 0.762. The molecule has 0 amide bonds. The minimum absolute atomic E-state index is 0.0555. The molecular weight excluding hydrogens is 318 g/mol. The Bertz CT molecular complexity index is 518. The van der Waals surface area contributed by atoms with Crippen LogP contribution in [0.25, 0.3) is 0 Å². The van der Waals surface area contributed by atoms with Crippen LogP contribution in [-0.2, 0) is 0 Å². The highest BCUT2D eigenvalue weighted by Gasteiger charge is 2.23. The molecule has 0 aliphatic heterocycles. The summed E-state index contributed by atoms with van der Waals surface area (Å²) >= 11 is 0. The molecule has 0 bridgehead atoms. The summed E-state index contributed by atoms with van der Waals surface area (Å²) in [7, 11) is 1.55. The Hall–Kier alpha value is -1.18. The van der Waals surface area contributed by atoms with E-state index in [0.29, 0.717) is 0 Å². The minimum atomic E-state index is -0.851. The van der Waals surface area contributed by atoms with Gasteiger partial charge in [-0.05, 0) is 50.1 Å². The fourth-order valence-electron chi connectivity index (χ4n) is 2.10. The molecule has 6 heteroatoms. The first kappa shape index (κ1) is 17.2. The lowest BCUT2D eigenvalue weighted by molar-refractivity contribution is 0.368. The molecule has 2 unspecified atom stereocenters. The summed E-state index contributed by atoms with van der Waals surface area (Å²) in [6, 6.07) is 15.4. The molecule has 4 nitrogen and oxygen atoms in total. The van der Waals surface area contributed by atoms with Gasteiger partial charge in [0.2, 0.25) is 0 Å². The molecule has 0 saturated heterocycles. The summed E-state index contributed by atoms with van der Waals surface area (Å²) in [5, 5.41) is 21.8. The number of methoxy groups -OCH3 is 2. The smallest absolute Gasteiger partial charge is 0.118 e. The number of aliphatic hydroxyl groups excluding tert-OH is 2. The lowest BCUT2D eigenvalue weighted by Gasteiger charge is -2.25. The molecule has 0 aliphatic carbocycles. The Balaban J connectivity index is 2.28. The zero-order valence-corrected chi connectivity index (χ0v) is 14.4. The highest BCUT2D eigenvalue weighted by molar-refractivity contribution is 8.35. The van der Waals surface area contributed by atoms with E-state index in [1.165, 1.54) is 0 Å². The lowest BCUT2D eigenvalue weighted by Crippen LogP contribution is -2.10. The normalized spacial score (nSPS) is 13.5. The second kappa shape index (κ2) is 8.45. The third kappa shape index (κ3) is 3.97. The van der Waals surface area contributed by atoms with Crippen LogP contribution < -0.4 is 20.1 Å². The van der Waals surface area contributed by atoms with Gasteiger partial charge in [-0.3, -0.25) is 0 Å². The van der Waals surface area contributed by atoms with Gasteiger partial charge in [0.05, 0.1) is 26.9 Å². The zero-order chi connectivity index (χ0) is 15.9. The highest BCUT2D eigenvalue weighted by atomic mass is 32.1. The summed E-state index contributed by atoms with van der Waals surface area (Å²) in [5.41, 5.74) is 0. The lowest BCUT2D eigenvalue weighted by atomic mass is 10.3. The van der Waals surface area contributed by atoms with E-state index in [4.69, 9.17) is 9.47 Å². The van der Waals surface area contributed by atoms with Crippen molar-refractivity contribution in [3.8, 4) is 11.5 Å². The SMILES string of the molecule is COc1ccc(P(CO)P(CO)c2ccc(OC)cc2)cc1. The Labute approximate surface area is 133 Å². The van der Waals surface area contributed by atoms with Crippen LogP contribution in [0.1, 0.15) is 0 Å². The van der Waals surface area contributed by atoms with Crippen molar-refractivity contribution in [1.29, 1.82) is 0 Å². The van der Waals surface area contributed by atoms with E-state index in [1.807, 2.05) is 48.5 Å². The molecule has 0 heterocycles. The molecule has 2 aromatic rings. The van der Waals surface area contributed by atoms with Crippen LogP contribution in [0.15, 0.2) is 48.5 Å². The van der Waals surface area contributed by atoms with Crippen LogP contribution >= 0.6 is 15.2 Å². The molecule has 2 rings (SSSR count). The first-order valence-corrected chi connectivity index (χ1v) is 10.5. The average Bonchev–Trinajstić information content (AvgIpc) is 2.60. The maximum absolute atomic E-state index is 9.85. The maximum Gasteiger partial charge on any atom is 0.118 e. The van der Waals surface area contributed by atoms with Crippen molar-refractivity contribution in [3.05, 3.63) is 48.5 Å². The Morgan fingerprint density at radius 1 is 0.682 bits per heavy atom. The molecule has 2 aromatic carbocycles. The van der Waals surface area contributed by atoms with E-state index in [2.05, 4.69) is 0 Å². The van der Waals surface area contributed by atoms with Crippen molar-refractivity contribution in [1.82, 2.24) is 0 Å². The number of rotatable bonds is 7. The van der Waals surface area contributed by atoms with Gasteiger partial charge >= 0.3 is 0 Å². The molecule has 0 fully saturated rings. The predicted octanol–water partition coefficient (Wildman–Crippen LogP) is 2.43. The first-order chi connectivity index (χ1) is 10.7. The van der Waals surface area contributed by atoms with Crippen molar-refractivity contribution in [3.63, 3.8) is 0 Å². The van der Waals surface area contributed by atoms with Crippen molar-refractivity contribution in [2.24, 2.45) is 0 Å². The summed E-state index contributed by atoms with van der Waals surface area (Å²) in [5.74, 6) is 1.57. The zero-order valence-electron chi connectivity index (χ0n) is 12.6. The summed E-state index contributed by atoms with van der Waals surface area (Å²) in [4.78, 5) is 0. The number of benzene rings is 2. The second-order valence-electron chi connectivity index (χ2n) is 4.48. The molecule has 118 valence electrons. The average molecular weight is 338 g/mol. The van der Waals surface area contributed by atoms with E-state index in [0.717, 1.165) is 22.1 Å². The third-order valence-electron chi connectivity index (χ3n) is 3.30. The number of hydrogen-bond donors (Lipinski definition) is 2. The number of ether oxygens (including phenoxy) is 2. The fourth-order valence-corrected chi connectivity index (χ4v) is 7.67. The van der Waals surface area contributed by atoms with Gasteiger partial charge in [-0.15, -0.1) is 0 Å². The monoisotopic (exact) mass is 338 g/mol. The van der Waals surface area contributed by atoms with Gasteiger partial charge in [0.25, 0.3) is 0 Å². The van der Waals surface area contributed by atoms with Gasteiger partial charge in [-0.1, -0.05) is 24.3 Å². The van der Waals surface area contributed by atoms with Gasteiger partial charge in [-0.25, -0.2) is 0 Å². The van der Waals surface area contributed by atoms with Gasteiger partial charge in [0, 0.05) is 0 Å². The van der Waals surface area contributed by atoms with E-state index in [9.17, 15) is 10.2 Å². The van der Waals surface area contributed by atoms with Crippen molar-refractivity contribution >= 4 is 25.8 Å². The molecule has 0 aromatic heterocycles. The predicted molar refractivity (Wildman–Crippen MR) is 93.3 cm³/mol. The van der Waals surface area contributed by atoms with Crippen LogP contribution in [0.2, 0.25) is 0 Å². The van der Waals surface area contributed by atoms with E-state index in [1.54, 1.807) is 14.2 Å². The second-order valence-corrected chi connectivity index (χ2v) is 10.6. The van der Waals surface area contributed by atoms with Crippen molar-refractivity contribution < 1.29 is 19.7 Å². The first-order valence-electron chi connectivity index (χ1n) is 6.78. The Morgan fingerprint density at radius 2 is 1.00 bits per heavy atom. The van der Waals surface area contributed by atoms with Crippen LogP contribution in [0.5, 0.6) is 11.5 Å². The molecule has 0 aliphatic rings. The van der Waals surface area contributed by atoms with Gasteiger partial charge in [0.15, 0.2) is 0 Å². The number of hydrogen-bond acceptors (Lipinski definition) is 4.